The zero-order valence-corrected chi connectivity index (χ0v) is 18.2. The Bertz CT molecular complexity index is 848. The average Bonchev–Trinajstić information content (AvgIpc) is 2.59. The topological polar surface area (TPSA) is 90.8 Å². The maximum Gasteiger partial charge on any atom is 0.262 e. The Morgan fingerprint density at radius 2 is 1.73 bits per heavy atom. The lowest BCUT2D eigenvalue weighted by molar-refractivity contribution is -0.122. The molecular weight excluding hydrogens is 534 g/mol. The molecule has 0 saturated carbocycles. The fourth-order valence-electron chi connectivity index (χ4n) is 1.91. The molecule has 9 heteroatoms. The van der Waals surface area contributed by atoms with Crippen LogP contribution in [0.5, 0.6) is 5.75 Å². The van der Waals surface area contributed by atoms with Gasteiger partial charge in [0.1, 0.15) is 11.8 Å². The van der Waals surface area contributed by atoms with Gasteiger partial charge in [-0.2, -0.15) is 5.10 Å². The summed E-state index contributed by atoms with van der Waals surface area (Å²) >= 11 is 9.73. The molecular formula is C17H14Br3N3O3. The molecule has 0 bridgehead atoms. The molecule has 0 aliphatic rings. The summed E-state index contributed by atoms with van der Waals surface area (Å²) in [6.07, 6.45) is 1.43. The maximum atomic E-state index is 12.2. The molecule has 2 rings (SSSR count). The average molecular weight is 548 g/mol. The van der Waals surface area contributed by atoms with Gasteiger partial charge < -0.3 is 10.4 Å². The van der Waals surface area contributed by atoms with E-state index in [0.717, 1.165) is 0 Å². The van der Waals surface area contributed by atoms with Crippen LogP contribution in [-0.2, 0) is 4.79 Å². The predicted molar refractivity (Wildman–Crippen MR) is 110 cm³/mol. The zero-order valence-electron chi connectivity index (χ0n) is 13.5. The second kappa shape index (κ2) is 9.29. The number of benzene rings is 2. The van der Waals surface area contributed by atoms with Gasteiger partial charge in [0.15, 0.2) is 0 Å². The lowest BCUT2D eigenvalue weighted by atomic mass is 10.2. The van der Waals surface area contributed by atoms with Gasteiger partial charge in [0.25, 0.3) is 11.8 Å². The normalized spacial score (nSPS) is 12.0. The van der Waals surface area contributed by atoms with Crippen molar-refractivity contribution < 1.29 is 14.7 Å². The summed E-state index contributed by atoms with van der Waals surface area (Å²) in [6.45, 7) is 1.56. The van der Waals surface area contributed by atoms with Gasteiger partial charge >= 0.3 is 0 Å². The van der Waals surface area contributed by atoms with Crippen LogP contribution >= 0.6 is 47.8 Å². The van der Waals surface area contributed by atoms with E-state index >= 15 is 0 Å². The van der Waals surface area contributed by atoms with E-state index in [2.05, 4.69) is 63.6 Å². The van der Waals surface area contributed by atoms with Crippen LogP contribution in [0.4, 0.5) is 0 Å². The van der Waals surface area contributed by atoms with Crippen molar-refractivity contribution in [1.29, 1.82) is 0 Å². The van der Waals surface area contributed by atoms with Gasteiger partial charge in [0.05, 0.1) is 20.7 Å². The smallest absolute Gasteiger partial charge is 0.262 e. The Morgan fingerprint density at radius 3 is 2.35 bits per heavy atom. The lowest BCUT2D eigenvalue weighted by Gasteiger charge is -2.12. The summed E-state index contributed by atoms with van der Waals surface area (Å²) in [5.41, 5.74) is 3.47. The highest BCUT2D eigenvalue weighted by Crippen LogP contribution is 2.32. The van der Waals surface area contributed by atoms with E-state index in [0.29, 0.717) is 24.5 Å². The lowest BCUT2D eigenvalue weighted by Crippen LogP contribution is -2.43. The molecule has 0 radical (unpaired) electrons. The van der Waals surface area contributed by atoms with Gasteiger partial charge in [0.2, 0.25) is 0 Å². The summed E-state index contributed by atoms with van der Waals surface area (Å²) in [7, 11) is 0. The van der Waals surface area contributed by atoms with Crippen molar-refractivity contribution in [1.82, 2.24) is 10.7 Å². The van der Waals surface area contributed by atoms with Crippen LogP contribution in [0, 0.1) is 0 Å². The van der Waals surface area contributed by atoms with E-state index < -0.39 is 11.9 Å². The number of nitrogens with zero attached hydrogens (tertiary/aromatic N) is 1. The number of phenols is 1. The number of hydrazone groups is 1. The van der Waals surface area contributed by atoms with Crippen LogP contribution in [0.25, 0.3) is 0 Å². The van der Waals surface area contributed by atoms with Gasteiger partial charge in [-0.15, -0.1) is 0 Å². The van der Waals surface area contributed by atoms with Crippen molar-refractivity contribution in [3.8, 4) is 5.75 Å². The molecule has 2 amide bonds. The van der Waals surface area contributed by atoms with Crippen LogP contribution in [-0.4, -0.2) is 29.2 Å². The van der Waals surface area contributed by atoms with E-state index in [1.54, 1.807) is 43.3 Å². The molecule has 0 heterocycles. The van der Waals surface area contributed by atoms with Gasteiger partial charge in [-0.05, 0) is 84.5 Å². The number of rotatable bonds is 5. The van der Waals surface area contributed by atoms with Gasteiger partial charge in [-0.3, -0.25) is 9.59 Å². The van der Waals surface area contributed by atoms with E-state index in [1.165, 1.54) is 6.21 Å². The molecule has 0 aliphatic heterocycles. The maximum absolute atomic E-state index is 12.2. The second-order valence-corrected chi connectivity index (χ2v) is 7.81. The Kier molecular flexibility index (Phi) is 7.36. The number of carbonyl (C=O) groups is 2. The summed E-state index contributed by atoms with van der Waals surface area (Å²) in [5, 5.41) is 16.1. The SMILES string of the molecule is CC(NC(=O)c1ccccc1Br)C(=O)N/N=C/c1cc(Br)c(O)c(Br)c1. The number of hydrogen-bond donors (Lipinski definition) is 3. The van der Waals surface area contributed by atoms with Crippen molar-refractivity contribution in [3.63, 3.8) is 0 Å². The Morgan fingerprint density at radius 1 is 1.12 bits per heavy atom. The molecule has 0 aliphatic carbocycles. The fraction of sp³-hybridized carbons (Fsp3) is 0.118. The number of phenolic OH excluding ortho intramolecular Hbond substituents is 1. The van der Waals surface area contributed by atoms with Crippen LogP contribution in [0.3, 0.4) is 0 Å². The molecule has 1 unspecified atom stereocenters. The monoisotopic (exact) mass is 545 g/mol. The molecule has 1 atom stereocenters. The fourth-order valence-corrected chi connectivity index (χ4v) is 3.60. The first-order valence-corrected chi connectivity index (χ1v) is 9.74. The van der Waals surface area contributed by atoms with Crippen LogP contribution in [0.1, 0.15) is 22.8 Å². The molecule has 0 spiro atoms. The highest BCUT2D eigenvalue weighted by atomic mass is 79.9. The quantitative estimate of drug-likeness (QED) is 0.391. The summed E-state index contributed by atoms with van der Waals surface area (Å²) < 4.78 is 1.63. The Balaban J connectivity index is 1.95. The zero-order chi connectivity index (χ0) is 19.3. The highest BCUT2D eigenvalue weighted by Gasteiger charge is 2.17. The molecule has 0 aromatic heterocycles. The van der Waals surface area contributed by atoms with Crippen molar-refractivity contribution in [2.45, 2.75) is 13.0 Å². The number of hydrogen-bond acceptors (Lipinski definition) is 4. The number of halogens is 3. The van der Waals surface area contributed by atoms with Gasteiger partial charge in [0, 0.05) is 4.47 Å². The largest absolute Gasteiger partial charge is 0.506 e. The second-order valence-electron chi connectivity index (χ2n) is 5.24. The molecule has 2 aromatic carbocycles. The molecule has 0 saturated heterocycles. The first kappa shape index (κ1) is 20.6. The summed E-state index contributed by atoms with van der Waals surface area (Å²) in [5.74, 6) is -0.747. The van der Waals surface area contributed by atoms with Crippen molar-refractivity contribution in [2.24, 2.45) is 5.10 Å². The Hall–Kier alpha value is -1.71. The highest BCUT2D eigenvalue weighted by molar-refractivity contribution is 9.11. The number of nitrogens with one attached hydrogen (secondary N) is 2. The third-order valence-corrected chi connectivity index (χ3v) is 5.19. The molecule has 2 aromatic rings. The molecule has 136 valence electrons. The molecule has 3 N–H and O–H groups in total. The minimum absolute atomic E-state index is 0.0783. The van der Waals surface area contributed by atoms with E-state index in [1.807, 2.05) is 0 Å². The summed E-state index contributed by atoms with van der Waals surface area (Å²) in [6, 6.07) is 9.46. The molecule has 26 heavy (non-hydrogen) atoms. The standard InChI is InChI=1S/C17H14Br3N3O3/c1-9(22-17(26)11-4-2-3-5-12(11)18)16(25)23-21-8-10-6-13(19)15(24)14(20)7-10/h2-9,24H,1H3,(H,22,26)(H,23,25)/b21-8+. The van der Waals surface area contributed by atoms with Crippen molar-refractivity contribution in [3.05, 3.63) is 60.9 Å². The Labute approximate surface area is 175 Å². The van der Waals surface area contributed by atoms with E-state index in [-0.39, 0.29) is 11.7 Å². The first-order chi connectivity index (χ1) is 12.3. The third-order valence-electron chi connectivity index (χ3n) is 3.29. The number of carbonyl (C=O) groups excluding carboxylic acids is 2. The third kappa shape index (κ3) is 5.39. The minimum atomic E-state index is -0.773. The van der Waals surface area contributed by atoms with Gasteiger partial charge in [-0.25, -0.2) is 5.43 Å². The number of aromatic hydroxyl groups is 1. The van der Waals surface area contributed by atoms with Crippen molar-refractivity contribution >= 4 is 65.8 Å². The first-order valence-electron chi connectivity index (χ1n) is 7.36. The van der Waals surface area contributed by atoms with E-state index in [9.17, 15) is 14.7 Å². The predicted octanol–water partition coefficient (Wildman–Crippen LogP) is 3.95. The van der Waals surface area contributed by atoms with Crippen LogP contribution < -0.4 is 10.7 Å². The van der Waals surface area contributed by atoms with Crippen LogP contribution in [0.15, 0.2) is 54.9 Å². The van der Waals surface area contributed by atoms with E-state index in [4.69, 9.17) is 0 Å². The van der Waals surface area contributed by atoms with Crippen molar-refractivity contribution in [2.75, 3.05) is 0 Å². The molecule has 6 nitrogen and oxygen atoms in total. The van der Waals surface area contributed by atoms with Crippen LogP contribution in [0.2, 0.25) is 0 Å². The summed E-state index contributed by atoms with van der Waals surface area (Å²) in [4.78, 5) is 24.3. The minimum Gasteiger partial charge on any atom is -0.506 e. The molecule has 0 fully saturated rings. The van der Waals surface area contributed by atoms with Gasteiger partial charge in [-0.1, -0.05) is 12.1 Å². The number of amides is 2.